The highest BCUT2D eigenvalue weighted by atomic mass is 32.2. The van der Waals surface area contributed by atoms with E-state index in [0.29, 0.717) is 13.1 Å². The third-order valence-corrected chi connectivity index (χ3v) is 6.27. The quantitative estimate of drug-likeness (QED) is 0.667. The smallest absolute Gasteiger partial charge is 0.328 e. The molecular weight excluding hydrogens is 360 g/mol. The van der Waals surface area contributed by atoms with Gasteiger partial charge in [0, 0.05) is 18.7 Å². The summed E-state index contributed by atoms with van der Waals surface area (Å²) in [4.78, 5) is 23.3. The molecule has 0 aliphatic carbocycles. The molecule has 9 heteroatoms. The third kappa shape index (κ3) is 4.80. The van der Waals surface area contributed by atoms with Crippen molar-refractivity contribution in [1.82, 2.24) is 9.62 Å². The maximum Gasteiger partial charge on any atom is 0.328 e. The highest BCUT2D eigenvalue weighted by Gasteiger charge is 2.27. The second-order valence-corrected chi connectivity index (χ2v) is 8.31. The first kappa shape index (κ1) is 20.3. The summed E-state index contributed by atoms with van der Waals surface area (Å²) in [6.45, 7) is 2.23. The van der Waals surface area contributed by atoms with Crippen LogP contribution in [0.3, 0.4) is 0 Å². The number of carbonyl (C=O) groups excluding carboxylic acids is 1. The standard InChI is InChI=1S/C17H24N2O6S/c1-12(20)15(17(22)23)18-16(21)13-6-8-14(9-7-13)26(24,25)19-10-4-2-3-5-11-19/h6-9,12,15,20H,2-5,10-11H2,1H3,(H,18,21)(H,22,23)/t12-,15-/m0/s1. The maximum atomic E-state index is 12.7. The van der Waals surface area contributed by atoms with Crippen molar-refractivity contribution in [2.75, 3.05) is 13.1 Å². The molecule has 1 aliphatic rings. The predicted octanol–water partition coefficient (Wildman–Crippen LogP) is 0.815. The van der Waals surface area contributed by atoms with Crippen LogP contribution >= 0.6 is 0 Å². The second kappa shape index (κ2) is 8.61. The predicted molar refractivity (Wildman–Crippen MR) is 94.2 cm³/mol. The van der Waals surface area contributed by atoms with Crippen LogP contribution in [0.4, 0.5) is 0 Å². The summed E-state index contributed by atoms with van der Waals surface area (Å²) in [5, 5.41) is 20.6. The Hall–Kier alpha value is -1.97. The van der Waals surface area contributed by atoms with Crippen LogP contribution in [0.5, 0.6) is 0 Å². The molecule has 0 radical (unpaired) electrons. The number of benzene rings is 1. The number of aliphatic hydroxyl groups is 1. The van der Waals surface area contributed by atoms with Gasteiger partial charge in [-0.2, -0.15) is 4.31 Å². The molecule has 0 spiro atoms. The number of amides is 1. The van der Waals surface area contributed by atoms with Gasteiger partial charge in [0.15, 0.2) is 6.04 Å². The van der Waals surface area contributed by atoms with Gasteiger partial charge in [-0.1, -0.05) is 12.8 Å². The number of carboxylic acid groups (broad SMARTS) is 1. The zero-order chi connectivity index (χ0) is 19.3. The fraction of sp³-hybridized carbons (Fsp3) is 0.529. The van der Waals surface area contributed by atoms with Crippen LogP contribution in [0.1, 0.15) is 43.0 Å². The van der Waals surface area contributed by atoms with Crippen LogP contribution in [0.2, 0.25) is 0 Å². The van der Waals surface area contributed by atoms with Gasteiger partial charge in [0.25, 0.3) is 5.91 Å². The Kier molecular flexibility index (Phi) is 6.74. The largest absolute Gasteiger partial charge is 0.480 e. The summed E-state index contributed by atoms with van der Waals surface area (Å²) >= 11 is 0. The molecule has 1 amide bonds. The molecule has 2 rings (SSSR count). The molecular formula is C17H24N2O6S. The summed E-state index contributed by atoms with van der Waals surface area (Å²) < 4.78 is 26.8. The number of nitrogens with zero attached hydrogens (tertiary/aromatic N) is 1. The van der Waals surface area contributed by atoms with Gasteiger partial charge < -0.3 is 15.5 Å². The van der Waals surface area contributed by atoms with Gasteiger partial charge >= 0.3 is 5.97 Å². The van der Waals surface area contributed by atoms with E-state index in [1.807, 2.05) is 0 Å². The third-order valence-electron chi connectivity index (χ3n) is 4.35. The van der Waals surface area contributed by atoms with Gasteiger partial charge in [0.2, 0.25) is 10.0 Å². The highest BCUT2D eigenvalue weighted by molar-refractivity contribution is 7.89. The Labute approximate surface area is 152 Å². The maximum absolute atomic E-state index is 12.7. The number of hydrogen-bond donors (Lipinski definition) is 3. The lowest BCUT2D eigenvalue weighted by Crippen LogP contribution is -2.47. The van der Waals surface area contributed by atoms with Crippen molar-refractivity contribution in [2.45, 2.75) is 49.6 Å². The Morgan fingerprint density at radius 3 is 2.08 bits per heavy atom. The van der Waals surface area contributed by atoms with E-state index in [9.17, 15) is 23.1 Å². The van der Waals surface area contributed by atoms with Crippen LogP contribution in [-0.4, -0.2) is 60.0 Å². The molecule has 0 unspecified atom stereocenters. The van der Waals surface area contributed by atoms with E-state index in [1.54, 1.807) is 0 Å². The average Bonchev–Trinajstić information content (AvgIpc) is 2.89. The number of aliphatic hydroxyl groups excluding tert-OH is 1. The van der Waals surface area contributed by atoms with Gasteiger partial charge in [-0.05, 0) is 44.0 Å². The Morgan fingerprint density at radius 1 is 1.08 bits per heavy atom. The second-order valence-electron chi connectivity index (χ2n) is 6.37. The first-order chi connectivity index (χ1) is 12.2. The lowest BCUT2D eigenvalue weighted by Gasteiger charge is -2.20. The molecule has 1 heterocycles. The molecule has 0 bridgehead atoms. The van der Waals surface area contributed by atoms with Crippen molar-refractivity contribution in [1.29, 1.82) is 0 Å². The number of aliphatic carboxylic acids is 1. The van der Waals surface area contributed by atoms with Gasteiger partial charge in [-0.3, -0.25) is 4.79 Å². The number of sulfonamides is 1. The van der Waals surface area contributed by atoms with Crippen LogP contribution in [-0.2, 0) is 14.8 Å². The number of carbonyl (C=O) groups is 2. The minimum absolute atomic E-state index is 0.0984. The molecule has 3 N–H and O–H groups in total. The molecule has 1 aliphatic heterocycles. The van der Waals surface area contributed by atoms with Gasteiger partial charge in [0.1, 0.15) is 0 Å². The highest BCUT2D eigenvalue weighted by Crippen LogP contribution is 2.20. The minimum atomic E-state index is -3.61. The van der Waals surface area contributed by atoms with Crippen molar-refractivity contribution in [3.8, 4) is 0 Å². The molecule has 2 atom stereocenters. The molecule has 144 valence electrons. The number of carboxylic acids is 1. The molecule has 1 aromatic carbocycles. The van der Waals surface area contributed by atoms with E-state index in [2.05, 4.69) is 5.32 Å². The molecule has 1 aromatic rings. The Bertz CT molecular complexity index is 737. The number of hydrogen-bond acceptors (Lipinski definition) is 5. The summed E-state index contributed by atoms with van der Waals surface area (Å²) in [6, 6.07) is 3.91. The molecule has 0 saturated carbocycles. The molecule has 26 heavy (non-hydrogen) atoms. The van der Waals surface area contributed by atoms with Crippen LogP contribution in [0.15, 0.2) is 29.2 Å². The molecule has 0 aromatic heterocycles. The number of nitrogens with one attached hydrogen (secondary N) is 1. The van der Waals surface area contributed by atoms with E-state index < -0.39 is 34.0 Å². The Balaban J connectivity index is 2.14. The average molecular weight is 384 g/mol. The normalized spacial score (nSPS) is 18.5. The molecule has 8 nitrogen and oxygen atoms in total. The van der Waals surface area contributed by atoms with E-state index in [-0.39, 0.29) is 10.5 Å². The molecule has 1 fully saturated rings. The van der Waals surface area contributed by atoms with Crippen LogP contribution in [0.25, 0.3) is 0 Å². The topological polar surface area (TPSA) is 124 Å². The zero-order valence-electron chi connectivity index (χ0n) is 14.6. The van der Waals surface area contributed by atoms with Crippen molar-refractivity contribution in [2.24, 2.45) is 0 Å². The first-order valence-corrected chi connectivity index (χ1v) is 9.99. The van der Waals surface area contributed by atoms with E-state index in [4.69, 9.17) is 5.11 Å². The summed E-state index contributed by atoms with van der Waals surface area (Å²) in [7, 11) is -3.61. The summed E-state index contributed by atoms with van der Waals surface area (Å²) in [5.74, 6) is -2.05. The van der Waals surface area contributed by atoms with E-state index >= 15 is 0 Å². The molecule has 1 saturated heterocycles. The van der Waals surface area contributed by atoms with E-state index in [0.717, 1.165) is 25.7 Å². The lowest BCUT2D eigenvalue weighted by molar-refractivity contribution is -0.141. The van der Waals surface area contributed by atoms with Crippen LogP contribution in [0, 0.1) is 0 Å². The summed E-state index contributed by atoms with van der Waals surface area (Å²) in [6.07, 6.45) is 2.42. The van der Waals surface area contributed by atoms with Crippen molar-refractivity contribution in [3.05, 3.63) is 29.8 Å². The Morgan fingerprint density at radius 2 is 1.62 bits per heavy atom. The lowest BCUT2D eigenvalue weighted by atomic mass is 10.1. The van der Waals surface area contributed by atoms with Gasteiger partial charge in [-0.25, -0.2) is 13.2 Å². The van der Waals surface area contributed by atoms with Crippen molar-refractivity contribution in [3.63, 3.8) is 0 Å². The van der Waals surface area contributed by atoms with Crippen molar-refractivity contribution < 1.29 is 28.2 Å². The van der Waals surface area contributed by atoms with Gasteiger partial charge in [0.05, 0.1) is 11.0 Å². The fourth-order valence-corrected chi connectivity index (χ4v) is 4.34. The number of rotatable bonds is 6. The van der Waals surface area contributed by atoms with Crippen LogP contribution < -0.4 is 5.32 Å². The van der Waals surface area contributed by atoms with E-state index in [1.165, 1.54) is 35.5 Å². The van der Waals surface area contributed by atoms with Crippen molar-refractivity contribution >= 4 is 21.9 Å². The zero-order valence-corrected chi connectivity index (χ0v) is 15.4. The van der Waals surface area contributed by atoms with Gasteiger partial charge in [-0.15, -0.1) is 0 Å². The minimum Gasteiger partial charge on any atom is -0.480 e. The fourth-order valence-electron chi connectivity index (χ4n) is 2.82. The SMILES string of the molecule is C[C@H](O)[C@H](NC(=O)c1ccc(S(=O)(=O)N2CCCCCC2)cc1)C(=O)O. The summed E-state index contributed by atoms with van der Waals surface area (Å²) in [5.41, 5.74) is 0.117. The monoisotopic (exact) mass is 384 g/mol. The first-order valence-electron chi connectivity index (χ1n) is 8.55.